The molecule has 0 spiro atoms. The van der Waals surface area contributed by atoms with Crippen molar-refractivity contribution < 1.29 is 4.79 Å². The Morgan fingerprint density at radius 2 is 2.14 bits per heavy atom. The van der Waals surface area contributed by atoms with Crippen molar-refractivity contribution in [2.75, 3.05) is 0 Å². The van der Waals surface area contributed by atoms with Crippen molar-refractivity contribution in [2.45, 2.75) is 46.5 Å². The van der Waals surface area contributed by atoms with E-state index >= 15 is 0 Å². The lowest BCUT2D eigenvalue weighted by atomic mass is 9.71. The normalized spacial score (nSPS) is 31.1. The third kappa shape index (κ3) is 1.58. The highest BCUT2D eigenvalue weighted by molar-refractivity contribution is 5.81. The summed E-state index contributed by atoms with van der Waals surface area (Å²) in [6.07, 6.45) is 4.16. The summed E-state index contributed by atoms with van der Waals surface area (Å²) in [7, 11) is 0. The molecule has 0 saturated heterocycles. The summed E-state index contributed by atoms with van der Waals surface area (Å²) in [5.41, 5.74) is 2.82. The van der Waals surface area contributed by atoms with Crippen LogP contribution in [0.1, 0.15) is 46.5 Å². The van der Waals surface area contributed by atoms with Crippen molar-refractivity contribution in [2.24, 2.45) is 11.3 Å². The van der Waals surface area contributed by atoms with Crippen molar-refractivity contribution in [3.8, 4) is 0 Å². The van der Waals surface area contributed by atoms with E-state index in [-0.39, 0.29) is 11.3 Å². The van der Waals surface area contributed by atoms with Gasteiger partial charge in [-0.2, -0.15) is 0 Å². The van der Waals surface area contributed by atoms with E-state index in [1.807, 2.05) is 0 Å². The molecule has 1 aliphatic heterocycles. The highest BCUT2D eigenvalue weighted by Crippen LogP contribution is 2.43. The van der Waals surface area contributed by atoms with Gasteiger partial charge in [-0.1, -0.05) is 20.8 Å². The van der Waals surface area contributed by atoms with Gasteiger partial charge in [0.2, 0.25) is 5.91 Å². The van der Waals surface area contributed by atoms with Crippen molar-refractivity contribution in [1.29, 1.82) is 0 Å². The number of amides is 1. The van der Waals surface area contributed by atoms with Crippen molar-refractivity contribution in [3.63, 3.8) is 0 Å². The van der Waals surface area contributed by atoms with Crippen molar-refractivity contribution in [1.82, 2.24) is 5.32 Å². The maximum Gasteiger partial charge on any atom is 0.224 e. The number of allylic oxidation sites excluding steroid dienone is 2. The second-order valence-electron chi connectivity index (χ2n) is 5.41. The predicted molar refractivity (Wildman–Crippen MR) is 56.6 cm³/mol. The molecule has 1 N–H and O–H groups in total. The van der Waals surface area contributed by atoms with Gasteiger partial charge in [-0.25, -0.2) is 0 Å². The van der Waals surface area contributed by atoms with Crippen LogP contribution in [0.3, 0.4) is 0 Å². The predicted octanol–water partition coefficient (Wildman–Crippen LogP) is 2.61. The number of carbonyl (C=O) groups is 1. The lowest BCUT2D eigenvalue weighted by Crippen LogP contribution is -2.39. The molecule has 14 heavy (non-hydrogen) atoms. The first kappa shape index (κ1) is 9.75. The fraction of sp³-hybridized carbons (Fsp3) is 0.750. The molecule has 2 nitrogen and oxygen atoms in total. The monoisotopic (exact) mass is 193 g/mol. The van der Waals surface area contributed by atoms with Crippen LogP contribution in [0, 0.1) is 11.3 Å². The van der Waals surface area contributed by atoms with E-state index in [1.54, 1.807) is 0 Å². The van der Waals surface area contributed by atoms with E-state index in [1.165, 1.54) is 24.1 Å². The summed E-state index contributed by atoms with van der Waals surface area (Å²) in [6.45, 7) is 6.64. The van der Waals surface area contributed by atoms with Crippen LogP contribution in [0.4, 0.5) is 0 Å². The molecule has 78 valence electrons. The van der Waals surface area contributed by atoms with E-state index in [0.717, 1.165) is 12.3 Å². The fourth-order valence-electron chi connectivity index (χ4n) is 2.71. The summed E-state index contributed by atoms with van der Waals surface area (Å²) in [5.74, 6) is 0.922. The van der Waals surface area contributed by atoms with Crippen LogP contribution in [0.15, 0.2) is 11.3 Å². The molecule has 0 aromatic carbocycles. The van der Waals surface area contributed by atoms with E-state index in [9.17, 15) is 4.79 Å². The van der Waals surface area contributed by atoms with Crippen LogP contribution >= 0.6 is 0 Å². The quantitative estimate of drug-likeness (QED) is 0.629. The second-order valence-corrected chi connectivity index (χ2v) is 5.41. The lowest BCUT2D eigenvalue weighted by molar-refractivity contribution is -0.122. The number of rotatable bonds is 0. The third-order valence-electron chi connectivity index (χ3n) is 3.51. The first-order valence-electron chi connectivity index (χ1n) is 5.51. The Bertz CT molecular complexity index is 301. The molecule has 1 atom stereocenters. The summed E-state index contributed by atoms with van der Waals surface area (Å²) in [6, 6.07) is 0. The maximum atomic E-state index is 11.5. The van der Waals surface area contributed by atoms with Crippen LogP contribution in [0.5, 0.6) is 0 Å². The molecule has 2 heteroatoms. The Morgan fingerprint density at radius 3 is 2.86 bits per heavy atom. The van der Waals surface area contributed by atoms with Crippen LogP contribution < -0.4 is 5.32 Å². The highest BCUT2D eigenvalue weighted by Gasteiger charge is 2.35. The lowest BCUT2D eigenvalue weighted by Gasteiger charge is -2.39. The first-order valence-corrected chi connectivity index (χ1v) is 5.51. The number of nitrogens with one attached hydrogen (secondary N) is 1. The minimum atomic E-state index is 0.0950. The zero-order valence-corrected chi connectivity index (χ0v) is 9.31. The molecular formula is C12H19NO. The minimum absolute atomic E-state index is 0.0950. The molecule has 0 fully saturated rings. The van der Waals surface area contributed by atoms with E-state index < -0.39 is 0 Å². The molecule has 0 saturated carbocycles. The molecular weight excluding hydrogens is 174 g/mol. The molecule has 1 unspecified atom stereocenters. The standard InChI is InChI=1S/C12H19NO/c1-8-4-5-9-10(6-8)13-11(14)7-12(9,2)3/h8H,4-7H2,1-3H3,(H,13,14). The SMILES string of the molecule is CC1CCC2=C(C1)NC(=O)CC2(C)C. The third-order valence-corrected chi connectivity index (χ3v) is 3.51. The molecule has 2 rings (SSSR count). The van der Waals surface area contributed by atoms with Gasteiger partial charge < -0.3 is 5.32 Å². The van der Waals surface area contributed by atoms with Gasteiger partial charge in [-0.05, 0) is 36.2 Å². The van der Waals surface area contributed by atoms with Gasteiger partial charge >= 0.3 is 0 Å². The molecule has 0 aromatic rings. The Morgan fingerprint density at radius 1 is 1.43 bits per heavy atom. The molecule has 2 aliphatic rings. The average Bonchev–Trinajstić information content (AvgIpc) is 2.00. The van der Waals surface area contributed by atoms with E-state index in [4.69, 9.17) is 0 Å². The van der Waals surface area contributed by atoms with Crippen LogP contribution in [0.25, 0.3) is 0 Å². The number of hydrogen-bond donors (Lipinski definition) is 1. The second kappa shape index (κ2) is 3.11. The molecule has 1 amide bonds. The van der Waals surface area contributed by atoms with Crippen LogP contribution in [-0.4, -0.2) is 5.91 Å². The Kier molecular flexibility index (Phi) is 2.17. The van der Waals surface area contributed by atoms with Gasteiger partial charge in [0.15, 0.2) is 0 Å². The highest BCUT2D eigenvalue weighted by atomic mass is 16.1. The largest absolute Gasteiger partial charge is 0.330 e. The summed E-state index contributed by atoms with van der Waals surface area (Å²) in [5, 5.41) is 3.05. The summed E-state index contributed by atoms with van der Waals surface area (Å²) < 4.78 is 0. The zero-order chi connectivity index (χ0) is 10.3. The molecule has 0 radical (unpaired) electrons. The van der Waals surface area contributed by atoms with E-state index in [2.05, 4.69) is 26.1 Å². The average molecular weight is 193 g/mol. The molecule has 1 aliphatic carbocycles. The van der Waals surface area contributed by atoms with Gasteiger partial charge in [-0.15, -0.1) is 0 Å². The van der Waals surface area contributed by atoms with Crippen molar-refractivity contribution >= 4 is 5.91 Å². The van der Waals surface area contributed by atoms with Crippen molar-refractivity contribution in [3.05, 3.63) is 11.3 Å². The Hall–Kier alpha value is -0.790. The van der Waals surface area contributed by atoms with Gasteiger partial charge in [0.05, 0.1) is 0 Å². The summed E-state index contributed by atoms with van der Waals surface area (Å²) >= 11 is 0. The molecule has 1 heterocycles. The van der Waals surface area contributed by atoms with Gasteiger partial charge in [0.25, 0.3) is 0 Å². The van der Waals surface area contributed by atoms with Gasteiger partial charge in [0.1, 0.15) is 0 Å². The molecule has 0 bridgehead atoms. The molecule has 0 aromatic heterocycles. The van der Waals surface area contributed by atoms with Gasteiger partial charge in [0, 0.05) is 12.1 Å². The van der Waals surface area contributed by atoms with Crippen LogP contribution in [-0.2, 0) is 4.79 Å². The number of carbonyl (C=O) groups excluding carboxylic acids is 1. The number of hydrogen-bond acceptors (Lipinski definition) is 1. The van der Waals surface area contributed by atoms with Gasteiger partial charge in [-0.3, -0.25) is 4.79 Å². The maximum absolute atomic E-state index is 11.5. The Labute approximate surface area is 85.8 Å². The minimum Gasteiger partial charge on any atom is -0.330 e. The summed E-state index contributed by atoms with van der Waals surface area (Å²) in [4.78, 5) is 11.5. The van der Waals surface area contributed by atoms with E-state index in [0.29, 0.717) is 6.42 Å². The topological polar surface area (TPSA) is 29.1 Å². The fourth-order valence-corrected chi connectivity index (χ4v) is 2.71. The zero-order valence-electron chi connectivity index (χ0n) is 9.31. The Balaban J connectivity index is 2.34. The smallest absolute Gasteiger partial charge is 0.224 e. The first-order chi connectivity index (χ1) is 6.49. The van der Waals surface area contributed by atoms with Crippen LogP contribution in [0.2, 0.25) is 0 Å².